The average molecular weight is 284 g/mol. The van der Waals surface area contributed by atoms with Crippen LogP contribution in [0.15, 0.2) is 30.6 Å². The zero-order valence-electron chi connectivity index (χ0n) is 13.0. The van der Waals surface area contributed by atoms with Crippen LogP contribution >= 0.6 is 0 Å². The van der Waals surface area contributed by atoms with Gasteiger partial charge in [0.15, 0.2) is 0 Å². The predicted octanol–water partition coefficient (Wildman–Crippen LogP) is 2.24. The molecule has 0 amide bonds. The topological polar surface area (TPSA) is 42.7 Å². The molecule has 4 nitrogen and oxygen atoms in total. The average Bonchev–Trinajstić information content (AvgIpc) is 2.91. The third-order valence-corrected chi connectivity index (χ3v) is 4.71. The highest BCUT2D eigenvalue weighted by molar-refractivity contribution is 5.38. The van der Waals surface area contributed by atoms with E-state index in [1.807, 2.05) is 11.7 Å². The van der Waals surface area contributed by atoms with Gasteiger partial charge in [0.1, 0.15) is 12.2 Å². The smallest absolute Gasteiger partial charge is 0.138 e. The molecule has 1 atom stereocenters. The molecule has 0 saturated carbocycles. The number of nitrogens with one attached hydrogen (secondary N) is 1. The van der Waals surface area contributed by atoms with Crippen molar-refractivity contribution in [2.45, 2.75) is 38.0 Å². The number of nitrogens with zero attached hydrogens (tertiary/aromatic N) is 3. The minimum atomic E-state index is 0.144. The number of likely N-dealkylation sites (N-methyl/N-ethyl adjacent to an activating group) is 1. The van der Waals surface area contributed by atoms with E-state index in [2.05, 4.69) is 46.6 Å². The number of fused-ring (bicyclic) bond motifs is 1. The Hall–Kier alpha value is -1.68. The SMILES string of the molecule is CCNCC1(Cc2ncnn2C)CCCc2ccccc21. The molecular formula is C17H24N4. The molecule has 4 heteroatoms. The molecule has 0 fully saturated rings. The zero-order chi connectivity index (χ0) is 14.7. The number of aryl methyl sites for hydroxylation is 2. The second-order valence-electron chi connectivity index (χ2n) is 6.05. The standard InChI is InChI=1S/C17H24N4/c1-3-18-12-17(11-16-19-13-20-21(16)2)10-6-8-14-7-4-5-9-15(14)17/h4-5,7,9,13,18H,3,6,8,10-12H2,1-2H3. The van der Waals surface area contributed by atoms with E-state index in [1.165, 1.54) is 30.4 Å². The summed E-state index contributed by atoms with van der Waals surface area (Å²) in [7, 11) is 1.98. The molecule has 0 bridgehead atoms. The summed E-state index contributed by atoms with van der Waals surface area (Å²) in [6, 6.07) is 8.92. The van der Waals surface area contributed by atoms with Crippen LogP contribution in [0.3, 0.4) is 0 Å². The number of rotatable bonds is 5. The van der Waals surface area contributed by atoms with Crippen LogP contribution in [-0.4, -0.2) is 27.9 Å². The molecular weight excluding hydrogens is 260 g/mol. The molecule has 1 heterocycles. The zero-order valence-corrected chi connectivity index (χ0v) is 13.0. The molecule has 0 radical (unpaired) electrons. The minimum Gasteiger partial charge on any atom is -0.316 e. The lowest BCUT2D eigenvalue weighted by molar-refractivity contribution is 0.329. The maximum absolute atomic E-state index is 4.46. The van der Waals surface area contributed by atoms with Crippen molar-refractivity contribution in [2.75, 3.05) is 13.1 Å². The first-order chi connectivity index (χ1) is 10.2. The van der Waals surface area contributed by atoms with Crippen LogP contribution < -0.4 is 5.32 Å². The van der Waals surface area contributed by atoms with Crippen LogP contribution in [0, 0.1) is 0 Å². The fourth-order valence-corrected chi connectivity index (χ4v) is 3.58. The summed E-state index contributed by atoms with van der Waals surface area (Å²) in [5.74, 6) is 1.07. The number of aromatic nitrogens is 3. The van der Waals surface area contributed by atoms with E-state index in [-0.39, 0.29) is 5.41 Å². The lowest BCUT2D eigenvalue weighted by atomic mass is 9.67. The molecule has 3 rings (SSSR count). The Bertz CT molecular complexity index is 604. The maximum atomic E-state index is 4.46. The normalized spacial score (nSPS) is 21.2. The first-order valence-electron chi connectivity index (χ1n) is 7.87. The first kappa shape index (κ1) is 14.3. The van der Waals surface area contributed by atoms with Crippen molar-refractivity contribution in [3.05, 3.63) is 47.5 Å². The molecule has 0 spiro atoms. The van der Waals surface area contributed by atoms with Crippen molar-refractivity contribution in [3.8, 4) is 0 Å². The number of hydrogen-bond acceptors (Lipinski definition) is 3. The first-order valence-corrected chi connectivity index (χ1v) is 7.87. The van der Waals surface area contributed by atoms with Crippen molar-refractivity contribution in [3.63, 3.8) is 0 Å². The van der Waals surface area contributed by atoms with Gasteiger partial charge in [-0.1, -0.05) is 31.2 Å². The van der Waals surface area contributed by atoms with Crippen LogP contribution in [0.2, 0.25) is 0 Å². The molecule has 1 aromatic heterocycles. The van der Waals surface area contributed by atoms with E-state index in [9.17, 15) is 0 Å². The van der Waals surface area contributed by atoms with E-state index in [0.717, 1.165) is 25.3 Å². The third kappa shape index (κ3) is 2.72. The van der Waals surface area contributed by atoms with E-state index in [4.69, 9.17) is 0 Å². The molecule has 1 aliphatic carbocycles. The molecule has 21 heavy (non-hydrogen) atoms. The Morgan fingerprint density at radius 2 is 2.19 bits per heavy atom. The summed E-state index contributed by atoms with van der Waals surface area (Å²) in [5, 5.41) is 7.81. The van der Waals surface area contributed by atoms with E-state index >= 15 is 0 Å². The predicted molar refractivity (Wildman–Crippen MR) is 84.3 cm³/mol. The van der Waals surface area contributed by atoms with E-state index in [1.54, 1.807) is 6.33 Å². The van der Waals surface area contributed by atoms with Gasteiger partial charge in [-0.25, -0.2) is 4.98 Å². The van der Waals surface area contributed by atoms with Gasteiger partial charge in [0.2, 0.25) is 0 Å². The van der Waals surface area contributed by atoms with Gasteiger partial charge in [-0.2, -0.15) is 5.10 Å². The van der Waals surface area contributed by atoms with Crippen LogP contribution in [-0.2, 0) is 25.3 Å². The van der Waals surface area contributed by atoms with Crippen LogP contribution in [0.5, 0.6) is 0 Å². The lowest BCUT2D eigenvalue weighted by Crippen LogP contribution is -2.43. The second kappa shape index (κ2) is 5.98. The summed E-state index contributed by atoms with van der Waals surface area (Å²) >= 11 is 0. The lowest BCUT2D eigenvalue weighted by Gasteiger charge is -2.39. The molecule has 2 aromatic rings. The largest absolute Gasteiger partial charge is 0.316 e. The summed E-state index contributed by atoms with van der Waals surface area (Å²) < 4.78 is 1.91. The fourth-order valence-electron chi connectivity index (χ4n) is 3.58. The summed E-state index contributed by atoms with van der Waals surface area (Å²) in [4.78, 5) is 4.46. The fraction of sp³-hybridized carbons (Fsp3) is 0.529. The number of hydrogen-bond donors (Lipinski definition) is 1. The van der Waals surface area contributed by atoms with Crippen molar-refractivity contribution >= 4 is 0 Å². The van der Waals surface area contributed by atoms with Gasteiger partial charge in [0.05, 0.1) is 0 Å². The van der Waals surface area contributed by atoms with Gasteiger partial charge in [-0.05, 0) is 36.9 Å². The Labute approximate surface area is 126 Å². The van der Waals surface area contributed by atoms with E-state index in [0.29, 0.717) is 0 Å². The molecule has 1 unspecified atom stereocenters. The van der Waals surface area contributed by atoms with Crippen molar-refractivity contribution < 1.29 is 0 Å². The van der Waals surface area contributed by atoms with Crippen molar-refractivity contribution in [2.24, 2.45) is 7.05 Å². The van der Waals surface area contributed by atoms with Crippen LogP contribution in [0.25, 0.3) is 0 Å². The highest BCUT2D eigenvalue weighted by Crippen LogP contribution is 2.39. The van der Waals surface area contributed by atoms with Gasteiger partial charge in [0.25, 0.3) is 0 Å². The van der Waals surface area contributed by atoms with Crippen molar-refractivity contribution in [1.82, 2.24) is 20.1 Å². The van der Waals surface area contributed by atoms with Gasteiger partial charge in [0, 0.05) is 25.4 Å². The summed E-state index contributed by atoms with van der Waals surface area (Å²) in [6.45, 7) is 4.18. The van der Waals surface area contributed by atoms with Crippen molar-refractivity contribution in [1.29, 1.82) is 0 Å². The Morgan fingerprint density at radius 1 is 1.33 bits per heavy atom. The molecule has 1 aliphatic rings. The second-order valence-corrected chi connectivity index (χ2v) is 6.05. The van der Waals surface area contributed by atoms with E-state index < -0.39 is 0 Å². The third-order valence-electron chi connectivity index (χ3n) is 4.71. The van der Waals surface area contributed by atoms with Crippen LogP contribution in [0.1, 0.15) is 36.7 Å². The van der Waals surface area contributed by atoms with Gasteiger partial charge < -0.3 is 5.32 Å². The molecule has 1 N–H and O–H groups in total. The number of benzene rings is 1. The molecule has 112 valence electrons. The summed E-state index contributed by atoms with van der Waals surface area (Å²) in [6.07, 6.45) is 6.27. The molecule has 0 aliphatic heterocycles. The highest BCUT2D eigenvalue weighted by Gasteiger charge is 2.37. The molecule has 1 aromatic carbocycles. The van der Waals surface area contributed by atoms with Gasteiger partial charge >= 0.3 is 0 Å². The Kier molecular flexibility index (Phi) is 4.06. The maximum Gasteiger partial charge on any atom is 0.138 e. The quantitative estimate of drug-likeness (QED) is 0.915. The summed E-state index contributed by atoms with van der Waals surface area (Å²) in [5.41, 5.74) is 3.15. The van der Waals surface area contributed by atoms with Crippen LogP contribution in [0.4, 0.5) is 0 Å². The monoisotopic (exact) mass is 284 g/mol. The Balaban J connectivity index is 2.00. The molecule has 0 saturated heterocycles. The van der Waals surface area contributed by atoms with Gasteiger partial charge in [-0.15, -0.1) is 0 Å². The van der Waals surface area contributed by atoms with Gasteiger partial charge in [-0.3, -0.25) is 4.68 Å². The minimum absolute atomic E-state index is 0.144. The Morgan fingerprint density at radius 3 is 2.95 bits per heavy atom. The highest BCUT2D eigenvalue weighted by atomic mass is 15.3.